The van der Waals surface area contributed by atoms with Gasteiger partial charge in [-0.25, -0.2) is 14.4 Å². The lowest BCUT2D eigenvalue weighted by Gasteiger charge is -2.09. The van der Waals surface area contributed by atoms with Crippen LogP contribution in [0.4, 0.5) is 4.39 Å². The summed E-state index contributed by atoms with van der Waals surface area (Å²) in [5.74, 6) is 1.44. The van der Waals surface area contributed by atoms with Crippen LogP contribution in [0.3, 0.4) is 0 Å². The Kier molecular flexibility index (Phi) is 6.13. The average molecular weight is 288 g/mol. The van der Waals surface area contributed by atoms with Crippen LogP contribution in [0, 0.1) is 0 Å². The molecule has 0 bridgehead atoms. The molecule has 0 aliphatic heterocycles. The standard InChI is InChI=1S/C17H21FN2O/c1-2-3-5-15(18)10-13-21-16-8-6-14(7-9-16)17-19-11-4-12-20-17/h4,6-9,11-12,15H,2-3,5,10,13H2,1H3/t15-/m0/s1. The van der Waals surface area contributed by atoms with Gasteiger partial charge >= 0.3 is 0 Å². The Balaban J connectivity index is 1.80. The minimum atomic E-state index is -0.762. The van der Waals surface area contributed by atoms with Crippen molar-refractivity contribution in [3.8, 4) is 17.1 Å². The molecule has 0 aliphatic rings. The summed E-state index contributed by atoms with van der Waals surface area (Å²) in [5, 5.41) is 0. The maximum atomic E-state index is 13.5. The van der Waals surface area contributed by atoms with E-state index in [1.54, 1.807) is 18.5 Å². The quantitative estimate of drug-likeness (QED) is 0.720. The molecule has 1 aromatic heterocycles. The van der Waals surface area contributed by atoms with Gasteiger partial charge in [-0.15, -0.1) is 0 Å². The van der Waals surface area contributed by atoms with Crippen molar-refractivity contribution in [1.29, 1.82) is 0 Å². The van der Waals surface area contributed by atoms with Crippen molar-refractivity contribution in [2.45, 2.75) is 38.8 Å². The average Bonchev–Trinajstić information content (AvgIpc) is 2.54. The summed E-state index contributed by atoms with van der Waals surface area (Å²) in [6, 6.07) is 9.34. The van der Waals surface area contributed by atoms with Gasteiger partial charge in [-0.1, -0.05) is 19.8 Å². The molecule has 0 N–H and O–H groups in total. The number of halogens is 1. The molecule has 0 unspecified atom stereocenters. The van der Waals surface area contributed by atoms with Crippen LogP contribution >= 0.6 is 0 Å². The number of alkyl halides is 1. The van der Waals surface area contributed by atoms with Crippen LogP contribution in [0.2, 0.25) is 0 Å². The first-order valence-electron chi connectivity index (χ1n) is 7.44. The van der Waals surface area contributed by atoms with Crippen LogP contribution in [0.25, 0.3) is 11.4 Å². The maximum absolute atomic E-state index is 13.5. The molecule has 2 aromatic rings. The monoisotopic (exact) mass is 288 g/mol. The zero-order valence-corrected chi connectivity index (χ0v) is 12.3. The fourth-order valence-corrected chi connectivity index (χ4v) is 2.02. The van der Waals surface area contributed by atoms with E-state index in [-0.39, 0.29) is 0 Å². The topological polar surface area (TPSA) is 35.0 Å². The molecule has 4 heteroatoms. The summed E-state index contributed by atoms with van der Waals surface area (Å²) in [7, 11) is 0. The second-order valence-corrected chi connectivity index (χ2v) is 4.97. The molecule has 21 heavy (non-hydrogen) atoms. The largest absolute Gasteiger partial charge is 0.493 e. The van der Waals surface area contributed by atoms with Crippen molar-refractivity contribution in [3.63, 3.8) is 0 Å². The van der Waals surface area contributed by atoms with E-state index in [2.05, 4.69) is 16.9 Å². The molecule has 0 saturated carbocycles. The highest BCUT2D eigenvalue weighted by atomic mass is 19.1. The number of rotatable bonds is 8. The molecular weight excluding hydrogens is 267 g/mol. The Hall–Kier alpha value is -1.97. The molecule has 3 nitrogen and oxygen atoms in total. The summed E-state index contributed by atoms with van der Waals surface area (Å²) < 4.78 is 19.0. The van der Waals surface area contributed by atoms with Crippen LogP contribution in [0.5, 0.6) is 5.75 Å². The Bertz CT molecular complexity index is 516. The number of ether oxygens (including phenoxy) is 1. The number of benzene rings is 1. The fraction of sp³-hybridized carbons (Fsp3) is 0.412. The van der Waals surface area contributed by atoms with Crippen LogP contribution in [-0.2, 0) is 0 Å². The van der Waals surface area contributed by atoms with Crippen LogP contribution in [0.1, 0.15) is 32.6 Å². The minimum Gasteiger partial charge on any atom is -0.493 e. The SMILES string of the molecule is CCCC[C@H](F)CCOc1ccc(-c2ncccn2)cc1. The third kappa shape index (κ3) is 5.14. The van der Waals surface area contributed by atoms with Gasteiger partial charge in [-0.05, 0) is 36.8 Å². The zero-order chi connectivity index (χ0) is 14.9. The molecule has 0 fully saturated rings. The van der Waals surface area contributed by atoms with Gasteiger partial charge in [0.25, 0.3) is 0 Å². The first-order chi connectivity index (χ1) is 10.3. The van der Waals surface area contributed by atoms with Crippen LogP contribution in [0.15, 0.2) is 42.7 Å². The third-order valence-electron chi connectivity index (χ3n) is 3.25. The van der Waals surface area contributed by atoms with Gasteiger partial charge in [0.15, 0.2) is 5.82 Å². The van der Waals surface area contributed by atoms with E-state index < -0.39 is 6.17 Å². The lowest BCUT2D eigenvalue weighted by Crippen LogP contribution is -2.07. The molecule has 2 rings (SSSR count). The Morgan fingerprint density at radius 3 is 2.48 bits per heavy atom. The molecule has 0 saturated heterocycles. The van der Waals surface area contributed by atoms with E-state index in [1.165, 1.54) is 0 Å². The minimum absolute atomic E-state index is 0.409. The lowest BCUT2D eigenvalue weighted by molar-refractivity contribution is 0.223. The molecule has 0 amide bonds. The van der Waals surface area contributed by atoms with E-state index in [0.717, 1.165) is 24.2 Å². The summed E-state index contributed by atoms with van der Waals surface area (Å²) >= 11 is 0. The van der Waals surface area contributed by atoms with Gasteiger partial charge in [0, 0.05) is 24.4 Å². The van der Waals surface area contributed by atoms with Crippen molar-refractivity contribution in [1.82, 2.24) is 9.97 Å². The van der Waals surface area contributed by atoms with Crippen LogP contribution < -0.4 is 4.74 Å². The Morgan fingerprint density at radius 2 is 1.81 bits per heavy atom. The molecule has 1 heterocycles. The van der Waals surface area contributed by atoms with Gasteiger partial charge in [0.05, 0.1) is 6.61 Å². The fourth-order valence-electron chi connectivity index (χ4n) is 2.02. The highest BCUT2D eigenvalue weighted by Gasteiger charge is 2.06. The maximum Gasteiger partial charge on any atom is 0.159 e. The van der Waals surface area contributed by atoms with Crippen molar-refractivity contribution >= 4 is 0 Å². The predicted molar refractivity (Wildman–Crippen MR) is 82.0 cm³/mol. The van der Waals surface area contributed by atoms with Crippen molar-refractivity contribution in [2.24, 2.45) is 0 Å². The number of nitrogens with zero attached hydrogens (tertiary/aromatic N) is 2. The van der Waals surface area contributed by atoms with Gasteiger partial charge in [-0.2, -0.15) is 0 Å². The first-order valence-corrected chi connectivity index (χ1v) is 7.44. The highest BCUT2D eigenvalue weighted by molar-refractivity contribution is 5.55. The van der Waals surface area contributed by atoms with Gasteiger partial charge in [0.1, 0.15) is 11.9 Å². The molecule has 0 spiro atoms. The first kappa shape index (κ1) is 15.4. The van der Waals surface area contributed by atoms with Crippen molar-refractivity contribution in [3.05, 3.63) is 42.7 Å². The molecular formula is C17H21FN2O. The van der Waals surface area contributed by atoms with Gasteiger partial charge in [0.2, 0.25) is 0 Å². The molecule has 0 radical (unpaired) electrons. The van der Waals surface area contributed by atoms with E-state index in [0.29, 0.717) is 25.3 Å². The van der Waals surface area contributed by atoms with Gasteiger partial charge in [-0.3, -0.25) is 0 Å². The molecule has 112 valence electrons. The van der Waals surface area contributed by atoms with E-state index in [9.17, 15) is 4.39 Å². The zero-order valence-electron chi connectivity index (χ0n) is 12.3. The summed E-state index contributed by atoms with van der Waals surface area (Å²) in [4.78, 5) is 8.38. The number of unbranched alkanes of at least 4 members (excludes halogenated alkanes) is 1. The van der Waals surface area contributed by atoms with Crippen LogP contribution in [-0.4, -0.2) is 22.7 Å². The van der Waals surface area contributed by atoms with E-state index >= 15 is 0 Å². The second kappa shape index (κ2) is 8.35. The van der Waals surface area contributed by atoms with E-state index in [4.69, 9.17) is 4.74 Å². The number of aromatic nitrogens is 2. The lowest BCUT2D eigenvalue weighted by atomic mass is 10.1. The number of hydrogen-bond donors (Lipinski definition) is 0. The van der Waals surface area contributed by atoms with Gasteiger partial charge < -0.3 is 4.74 Å². The molecule has 1 aromatic carbocycles. The molecule has 1 atom stereocenters. The van der Waals surface area contributed by atoms with E-state index in [1.807, 2.05) is 24.3 Å². The summed E-state index contributed by atoms with van der Waals surface area (Å²) in [6.07, 6.45) is 5.71. The van der Waals surface area contributed by atoms with Crippen molar-refractivity contribution in [2.75, 3.05) is 6.61 Å². The smallest absolute Gasteiger partial charge is 0.159 e. The Labute approximate surface area is 125 Å². The third-order valence-corrected chi connectivity index (χ3v) is 3.25. The summed E-state index contributed by atoms with van der Waals surface area (Å²) in [5.41, 5.74) is 0.939. The summed E-state index contributed by atoms with van der Waals surface area (Å²) in [6.45, 7) is 2.48. The number of hydrogen-bond acceptors (Lipinski definition) is 3. The second-order valence-electron chi connectivity index (χ2n) is 4.97. The van der Waals surface area contributed by atoms with Crippen molar-refractivity contribution < 1.29 is 9.13 Å². The highest BCUT2D eigenvalue weighted by Crippen LogP contribution is 2.19. The Morgan fingerprint density at radius 1 is 1.10 bits per heavy atom. The predicted octanol–water partition coefficient (Wildman–Crippen LogP) is 4.44. The normalized spacial score (nSPS) is 12.1. The molecule has 0 aliphatic carbocycles.